The minimum Gasteiger partial charge on any atom is -0.384 e. The highest BCUT2D eigenvalue weighted by molar-refractivity contribution is 7.99. The molecule has 3 N–H and O–H groups in total. The van der Waals surface area contributed by atoms with Crippen LogP contribution in [0.4, 0.5) is 5.69 Å². The third-order valence-corrected chi connectivity index (χ3v) is 3.96. The summed E-state index contributed by atoms with van der Waals surface area (Å²) in [6.07, 6.45) is 2.48. The Kier molecular flexibility index (Phi) is 3.94. The minimum absolute atomic E-state index is 0.184. The van der Waals surface area contributed by atoms with E-state index in [0.29, 0.717) is 0 Å². The predicted octanol–water partition coefficient (Wildman–Crippen LogP) is 2.68. The molecule has 2 rings (SSSR count). The lowest BCUT2D eigenvalue weighted by Gasteiger charge is -2.22. The van der Waals surface area contributed by atoms with E-state index in [2.05, 4.69) is 30.0 Å². The molecular formula is C13H19N3S. The van der Waals surface area contributed by atoms with Gasteiger partial charge in [0, 0.05) is 23.7 Å². The van der Waals surface area contributed by atoms with Crippen LogP contribution in [0.25, 0.3) is 0 Å². The van der Waals surface area contributed by atoms with Crippen molar-refractivity contribution in [1.82, 2.24) is 0 Å². The molecule has 3 nitrogen and oxygen atoms in total. The maximum absolute atomic E-state index is 7.80. The molecule has 1 saturated heterocycles. The van der Waals surface area contributed by atoms with Crippen LogP contribution in [0, 0.1) is 5.41 Å². The zero-order valence-corrected chi connectivity index (χ0v) is 11.0. The number of thioether (sulfide) groups is 1. The van der Waals surface area contributed by atoms with Gasteiger partial charge in [-0.1, -0.05) is 13.0 Å². The van der Waals surface area contributed by atoms with Gasteiger partial charge in [-0.2, -0.15) is 0 Å². The number of benzene rings is 1. The summed E-state index contributed by atoms with van der Waals surface area (Å²) in [5, 5.41) is 7.80. The van der Waals surface area contributed by atoms with Gasteiger partial charge in [0.1, 0.15) is 5.84 Å². The normalized spacial score (nSPS) is 15.2. The smallest absolute Gasteiger partial charge is 0.126 e. The summed E-state index contributed by atoms with van der Waals surface area (Å²) in [6.45, 7) is 4.29. The number of hydrogen-bond donors (Lipinski definition) is 2. The molecule has 17 heavy (non-hydrogen) atoms. The summed E-state index contributed by atoms with van der Waals surface area (Å²) in [5.74, 6) is 1.19. The molecule has 0 atom stereocenters. The van der Waals surface area contributed by atoms with Crippen molar-refractivity contribution < 1.29 is 0 Å². The van der Waals surface area contributed by atoms with Gasteiger partial charge in [-0.05, 0) is 30.7 Å². The second kappa shape index (κ2) is 5.45. The number of rotatable bonds is 4. The molecule has 0 spiro atoms. The largest absolute Gasteiger partial charge is 0.384 e. The number of nitrogens with zero attached hydrogens (tertiary/aromatic N) is 1. The molecule has 0 saturated carbocycles. The second-order valence-electron chi connectivity index (χ2n) is 4.19. The molecule has 1 aliphatic heterocycles. The Labute approximate surface area is 107 Å². The Hall–Kier alpha value is -1.16. The molecule has 1 aliphatic rings. The van der Waals surface area contributed by atoms with Gasteiger partial charge in [-0.25, -0.2) is 0 Å². The molecule has 1 fully saturated rings. The molecule has 1 aromatic rings. The van der Waals surface area contributed by atoms with Crippen LogP contribution in [-0.2, 0) is 0 Å². The van der Waals surface area contributed by atoms with E-state index >= 15 is 0 Å². The maximum Gasteiger partial charge on any atom is 0.126 e. The van der Waals surface area contributed by atoms with Gasteiger partial charge >= 0.3 is 0 Å². The lowest BCUT2D eigenvalue weighted by Crippen LogP contribution is -2.23. The first-order valence-corrected chi connectivity index (χ1v) is 7.07. The summed E-state index contributed by atoms with van der Waals surface area (Å²) >= 11 is 1.76. The summed E-state index contributed by atoms with van der Waals surface area (Å²) in [6, 6.07) is 6.21. The minimum atomic E-state index is 0.184. The Morgan fingerprint density at radius 3 is 2.71 bits per heavy atom. The molecule has 0 unspecified atom stereocenters. The molecule has 92 valence electrons. The molecule has 0 bridgehead atoms. The zero-order chi connectivity index (χ0) is 12.3. The van der Waals surface area contributed by atoms with Crippen LogP contribution in [0.2, 0.25) is 0 Å². The van der Waals surface area contributed by atoms with Crippen molar-refractivity contribution in [2.45, 2.75) is 24.7 Å². The predicted molar refractivity (Wildman–Crippen MR) is 75.3 cm³/mol. The van der Waals surface area contributed by atoms with Gasteiger partial charge in [0.05, 0.1) is 5.56 Å². The van der Waals surface area contributed by atoms with E-state index < -0.39 is 0 Å². The van der Waals surface area contributed by atoms with Gasteiger partial charge in [0.15, 0.2) is 0 Å². The first-order valence-electron chi connectivity index (χ1n) is 6.09. The number of anilines is 1. The van der Waals surface area contributed by atoms with Gasteiger partial charge in [0.25, 0.3) is 0 Å². The highest BCUT2D eigenvalue weighted by Gasteiger charge is 2.19. The number of amidine groups is 1. The van der Waals surface area contributed by atoms with Crippen molar-refractivity contribution >= 4 is 23.3 Å². The summed E-state index contributed by atoms with van der Waals surface area (Å²) < 4.78 is 0. The quantitative estimate of drug-likeness (QED) is 0.490. The van der Waals surface area contributed by atoms with E-state index in [1.165, 1.54) is 12.8 Å². The van der Waals surface area contributed by atoms with E-state index in [0.717, 1.165) is 35.0 Å². The van der Waals surface area contributed by atoms with E-state index in [-0.39, 0.29) is 5.84 Å². The molecular weight excluding hydrogens is 230 g/mol. The highest BCUT2D eigenvalue weighted by Crippen LogP contribution is 2.32. The average Bonchev–Trinajstić information content (AvgIpc) is 2.82. The van der Waals surface area contributed by atoms with Gasteiger partial charge in [0.2, 0.25) is 0 Å². The van der Waals surface area contributed by atoms with Crippen molar-refractivity contribution in [1.29, 1.82) is 5.41 Å². The van der Waals surface area contributed by atoms with Crippen LogP contribution in [0.3, 0.4) is 0 Å². The van der Waals surface area contributed by atoms with E-state index in [1.54, 1.807) is 11.8 Å². The van der Waals surface area contributed by atoms with Crippen LogP contribution in [0.5, 0.6) is 0 Å². The third-order valence-electron chi connectivity index (χ3n) is 3.02. The van der Waals surface area contributed by atoms with Crippen molar-refractivity contribution in [2.24, 2.45) is 5.73 Å². The van der Waals surface area contributed by atoms with Crippen molar-refractivity contribution in [3.05, 3.63) is 23.8 Å². The molecule has 1 heterocycles. The third kappa shape index (κ3) is 2.57. The van der Waals surface area contributed by atoms with Gasteiger partial charge in [-0.15, -0.1) is 11.8 Å². The first kappa shape index (κ1) is 12.3. The lowest BCUT2D eigenvalue weighted by atomic mass is 10.1. The Balaban J connectivity index is 2.42. The van der Waals surface area contributed by atoms with Gasteiger partial charge < -0.3 is 10.6 Å². The fourth-order valence-corrected chi connectivity index (χ4v) is 3.13. The standard InChI is InChI=1S/C13H19N3S/c1-2-17-11-7-5-6-10(12(11)13(14)15)16-8-3-4-9-16/h5-7H,2-4,8-9H2,1H3,(H3,14,15). The second-order valence-corrected chi connectivity index (χ2v) is 5.50. The van der Waals surface area contributed by atoms with Crippen molar-refractivity contribution in [2.75, 3.05) is 23.7 Å². The topological polar surface area (TPSA) is 53.1 Å². The van der Waals surface area contributed by atoms with Crippen molar-refractivity contribution in [3.63, 3.8) is 0 Å². The van der Waals surface area contributed by atoms with Crippen LogP contribution in [0.15, 0.2) is 23.1 Å². The molecule has 0 aliphatic carbocycles. The Morgan fingerprint density at radius 1 is 1.41 bits per heavy atom. The summed E-state index contributed by atoms with van der Waals surface area (Å²) in [5.41, 5.74) is 7.81. The molecule has 0 aromatic heterocycles. The van der Waals surface area contributed by atoms with Crippen LogP contribution < -0.4 is 10.6 Å². The van der Waals surface area contributed by atoms with E-state index in [4.69, 9.17) is 11.1 Å². The number of nitrogen functional groups attached to an aromatic ring is 1. The number of hydrogen-bond acceptors (Lipinski definition) is 3. The maximum atomic E-state index is 7.80. The fraction of sp³-hybridized carbons (Fsp3) is 0.462. The molecule has 0 amide bonds. The van der Waals surface area contributed by atoms with Crippen LogP contribution in [-0.4, -0.2) is 24.7 Å². The fourth-order valence-electron chi connectivity index (χ4n) is 2.29. The van der Waals surface area contributed by atoms with Crippen LogP contribution >= 0.6 is 11.8 Å². The lowest BCUT2D eigenvalue weighted by molar-refractivity contribution is 0.949. The van der Waals surface area contributed by atoms with Crippen LogP contribution in [0.1, 0.15) is 25.3 Å². The van der Waals surface area contributed by atoms with Crippen molar-refractivity contribution in [3.8, 4) is 0 Å². The summed E-state index contributed by atoms with van der Waals surface area (Å²) in [7, 11) is 0. The van der Waals surface area contributed by atoms with E-state index in [9.17, 15) is 0 Å². The Morgan fingerprint density at radius 2 is 2.12 bits per heavy atom. The number of nitrogens with one attached hydrogen (secondary N) is 1. The molecule has 4 heteroatoms. The first-order chi connectivity index (χ1) is 8.24. The van der Waals surface area contributed by atoms with E-state index in [1.807, 2.05) is 0 Å². The zero-order valence-electron chi connectivity index (χ0n) is 10.2. The molecule has 0 radical (unpaired) electrons. The van der Waals surface area contributed by atoms with Gasteiger partial charge in [-0.3, -0.25) is 5.41 Å². The number of nitrogens with two attached hydrogens (primary N) is 1. The Bertz CT molecular complexity index is 411. The SMILES string of the molecule is CCSc1cccc(N2CCCC2)c1C(=N)N. The highest BCUT2D eigenvalue weighted by atomic mass is 32.2. The monoisotopic (exact) mass is 249 g/mol. The average molecular weight is 249 g/mol. The molecule has 1 aromatic carbocycles. The summed E-state index contributed by atoms with van der Waals surface area (Å²) in [4.78, 5) is 3.47.